The van der Waals surface area contributed by atoms with E-state index in [1.54, 1.807) is 0 Å². The molecule has 0 aliphatic heterocycles. The first-order chi connectivity index (χ1) is 7.22. The highest BCUT2D eigenvalue weighted by atomic mass is 14.9. The Morgan fingerprint density at radius 1 is 1.53 bits per heavy atom. The molecule has 1 unspecified atom stereocenters. The summed E-state index contributed by atoms with van der Waals surface area (Å²) in [7, 11) is 0. The minimum atomic E-state index is -0.0149. The van der Waals surface area contributed by atoms with Crippen molar-refractivity contribution in [2.75, 3.05) is 5.32 Å². The molecule has 1 aromatic rings. The van der Waals surface area contributed by atoms with Crippen LogP contribution in [0, 0.1) is 30.6 Å². The molecule has 1 atom stereocenters. The van der Waals surface area contributed by atoms with E-state index >= 15 is 0 Å². The fourth-order valence-electron chi connectivity index (χ4n) is 1.39. The minimum absolute atomic E-state index is 0.0149. The first-order valence-corrected chi connectivity index (χ1v) is 4.95. The van der Waals surface area contributed by atoms with Gasteiger partial charge in [-0.1, -0.05) is 25.0 Å². The van der Waals surface area contributed by atoms with Crippen LogP contribution in [0.2, 0.25) is 0 Å². The molecule has 0 saturated heterocycles. The molecule has 1 rings (SSSR count). The third kappa shape index (κ3) is 2.51. The molecule has 0 saturated carbocycles. The van der Waals surface area contributed by atoms with Gasteiger partial charge in [-0.2, -0.15) is 5.26 Å². The van der Waals surface area contributed by atoms with Crippen LogP contribution in [0.1, 0.15) is 24.5 Å². The van der Waals surface area contributed by atoms with Crippen molar-refractivity contribution in [1.29, 1.82) is 5.26 Å². The fourth-order valence-corrected chi connectivity index (χ4v) is 1.39. The SMILES string of the molecule is C#CC(CC)Nc1cccc(C)c1C#N. The van der Waals surface area contributed by atoms with Gasteiger partial charge in [0.1, 0.15) is 6.07 Å². The lowest BCUT2D eigenvalue weighted by Gasteiger charge is -2.14. The molecule has 0 radical (unpaired) electrons. The van der Waals surface area contributed by atoms with Crippen LogP contribution in [0.3, 0.4) is 0 Å². The average molecular weight is 198 g/mol. The number of nitriles is 1. The molecule has 0 aliphatic carbocycles. The maximum absolute atomic E-state index is 9.02. The van der Waals surface area contributed by atoms with Crippen LogP contribution < -0.4 is 5.32 Å². The fraction of sp³-hybridized carbons (Fsp3) is 0.308. The number of terminal acetylenes is 1. The number of hydrogen-bond donors (Lipinski definition) is 1. The lowest BCUT2D eigenvalue weighted by molar-refractivity contribution is 0.857. The van der Waals surface area contributed by atoms with Crippen LogP contribution in [0.15, 0.2) is 18.2 Å². The lowest BCUT2D eigenvalue weighted by atomic mass is 10.1. The van der Waals surface area contributed by atoms with E-state index in [4.69, 9.17) is 11.7 Å². The van der Waals surface area contributed by atoms with Crippen molar-refractivity contribution in [3.8, 4) is 18.4 Å². The average Bonchev–Trinajstić information content (AvgIpc) is 2.26. The van der Waals surface area contributed by atoms with Gasteiger partial charge in [-0.05, 0) is 25.0 Å². The highest BCUT2D eigenvalue weighted by Gasteiger charge is 2.07. The summed E-state index contributed by atoms with van der Waals surface area (Å²) >= 11 is 0. The normalized spacial score (nSPS) is 11.2. The Morgan fingerprint density at radius 2 is 2.27 bits per heavy atom. The van der Waals surface area contributed by atoms with Gasteiger partial charge in [0, 0.05) is 0 Å². The molecule has 2 nitrogen and oxygen atoms in total. The van der Waals surface area contributed by atoms with E-state index in [0.717, 1.165) is 17.7 Å². The van der Waals surface area contributed by atoms with Crippen LogP contribution in [0.5, 0.6) is 0 Å². The minimum Gasteiger partial charge on any atom is -0.370 e. The van der Waals surface area contributed by atoms with Crippen LogP contribution >= 0.6 is 0 Å². The van der Waals surface area contributed by atoms with Gasteiger partial charge >= 0.3 is 0 Å². The Hall–Kier alpha value is -1.93. The Kier molecular flexibility index (Phi) is 3.77. The Bertz CT molecular complexity index is 421. The van der Waals surface area contributed by atoms with Crippen molar-refractivity contribution in [3.63, 3.8) is 0 Å². The van der Waals surface area contributed by atoms with Gasteiger partial charge in [0.15, 0.2) is 0 Å². The highest BCUT2D eigenvalue weighted by molar-refractivity contribution is 5.61. The second-order valence-electron chi connectivity index (χ2n) is 3.38. The van der Waals surface area contributed by atoms with Gasteiger partial charge < -0.3 is 5.32 Å². The summed E-state index contributed by atoms with van der Waals surface area (Å²) in [5.41, 5.74) is 2.46. The molecule has 0 heterocycles. The van der Waals surface area contributed by atoms with Gasteiger partial charge in [-0.3, -0.25) is 0 Å². The second kappa shape index (κ2) is 5.08. The van der Waals surface area contributed by atoms with Crippen molar-refractivity contribution in [2.45, 2.75) is 26.3 Å². The van der Waals surface area contributed by atoms with Gasteiger partial charge in [0.2, 0.25) is 0 Å². The van der Waals surface area contributed by atoms with E-state index in [0.29, 0.717) is 5.56 Å². The molecule has 1 N–H and O–H groups in total. The zero-order valence-corrected chi connectivity index (χ0v) is 9.04. The Morgan fingerprint density at radius 3 is 2.80 bits per heavy atom. The predicted octanol–water partition coefficient (Wildman–Crippen LogP) is 2.69. The molecular weight excluding hydrogens is 184 g/mol. The summed E-state index contributed by atoms with van der Waals surface area (Å²) in [6.45, 7) is 3.93. The quantitative estimate of drug-likeness (QED) is 0.758. The zero-order chi connectivity index (χ0) is 11.3. The maximum Gasteiger partial charge on any atom is 0.102 e. The van der Waals surface area contributed by atoms with E-state index in [9.17, 15) is 0 Å². The third-order valence-corrected chi connectivity index (χ3v) is 2.32. The standard InChI is InChI=1S/C13H14N2/c1-4-11(5-2)15-13-8-6-7-10(3)12(13)9-14/h1,6-8,11,15H,5H2,2-3H3. The van der Waals surface area contributed by atoms with E-state index in [1.807, 2.05) is 32.0 Å². The molecule has 0 fully saturated rings. The third-order valence-electron chi connectivity index (χ3n) is 2.32. The molecular formula is C13H14N2. The number of anilines is 1. The molecule has 0 aliphatic rings. The predicted molar refractivity (Wildman–Crippen MR) is 62.4 cm³/mol. The van der Waals surface area contributed by atoms with Gasteiger partial charge in [0.25, 0.3) is 0 Å². The largest absolute Gasteiger partial charge is 0.370 e. The van der Waals surface area contributed by atoms with Crippen molar-refractivity contribution in [2.24, 2.45) is 0 Å². The summed E-state index contributed by atoms with van der Waals surface area (Å²) in [6, 6.07) is 7.89. The first kappa shape index (κ1) is 11.1. The van der Waals surface area contributed by atoms with E-state index in [2.05, 4.69) is 17.3 Å². The molecule has 0 amide bonds. The zero-order valence-electron chi connectivity index (χ0n) is 9.04. The summed E-state index contributed by atoms with van der Waals surface area (Å²) in [4.78, 5) is 0. The van der Waals surface area contributed by atoms with Gasteiger partial charge in [-0.15, -0.1) is 6.42 Å². The topological polar surface area (TPSA) is 35.8 Å². The van der Waals surface area contributed by atoms with Gasteiger partial charge in [-0.25, -0.2) is 0 Å². The van der Waals surface area contributed by atoms with Crippen LogP contribution in [-0.4, -0.2) is 6.04 Å². The van der Waals surface area contributed by atoms with Crippen molar-refractivity contribution in [1.82, 2.24) is 0 Å². The number of nitrogens with one attached hydrogen (secondary N) is 1. The Labute approximate surface area is 90.9 Å². The monoisotopic (exact) mass is 198 g/mol. The van der Waals surface area contributed by atoms with Crippen molar-refractivity contribution in [3.05, 3.63) is 29.3 Å². The summed E-state index contributed by atoms with van der Waals surface area (Å²) in [5.74, 6) is 2.65. The van der Waals surface area contributed by atoms with Crippen molar-refractivity contribution >= 4 is 5.69 Å². The Balaban J connectivity index is 3.01. The molecule has 0 bridgehead atoms. The van der Waals surface area contributed by atoms with Crippen LogP contribution in [0.25, 0.3) is 0 Å². The number of hydrogen-bond acceptors (Lipinski definition) is 2. The number of nitrogens with zero attached hydrogens (tertiary/aromatic N) is 1. The molecule has 76 valence electrons. The summed E-state index contributed by atoms with van der Waals surface area (Å²) < 4.78 is 0. The summed E-state index contributed by atoms with van der Waals surface area (Å²) in [6.07, 6.45) is 6.21. The molecule has 0 aromatic heterocycles. The van der Waals surface area contributed by atoms with Gasteiger partial charge in [0.05, 0.1) is 17.3 Å². The smallest absolute Gasteiger partial charge is 0.102 e. The van der Waals surface area contributed by atoms with Crippen LogP contribution in [0.4, 0.5) is 5.69 Å². The number of aryl methyl sites for hydroxylation is 1. The number of rotatable bonds is 3. The summed E-state index contributed by atoms with van der Waals surface area (Å²) in [5, 5.41) is 12.2. The molecule has 15 heavy (non-hydrogen) atoms. The first-order valence-electron chi connectivity index (χ1n) is 4.95. The van der Waals surface area contributed by atoms with E-state index < -0.39 is 0 Å². The van der Waals surface area contributed by atoms with E-state index in [-0.39, 0.29) is 6.04 Å². The number of benzene rings is 1. The lowest BCUT2D eigenvalue weighted by Crippen LogP contribution is -2.16. The maximum atomic E-state index is 9.02. The highest BCUT2D eigenvalue weighted by Crippen LogP contribution is 2.19. The van der Waals surface area contributed by atoms with Crippen LogP contribution in [-0.2, 0) is 0 Å². The second-order valence-corrected chi connectivity index (χ2v) is 3.38. The van der Waals surface area contributed by atoms with E-state index in [1.165, 1.54) is 0 Å². The molecule has 1 aromatic carbocycles. The molecule has 2 heteroatoms. The van der Waals surface area contributed by atoms with Crippen molar-refractivity contribution < 1.29 is 0 Å². The molecule has 0 spiro atoms.